The fourth-order valence-electron chi connectivity index (χ4n) is 2.78. The quantitative estimate of drug-likeness (QED) is 0.668. The van der Waals surface area contributed by atoms with Crippen molar-refractivity contribution in [1.29, 1.82) is 0 Å². The molecule has 96 valence electrons. The molecule has 1 fully saturated rings. The first-order chi connectivity index (χ1) is 7.76. The maximum absolute atomic E-state index is 9.54. The van der Waals surface area contributed by atoms with Crippen molar-refractivity contribution in [3.05, 3.63) is 0 Å². The number of rotatable bonds is 8. The molecule has 2 heteroatoms. The molecular weight excluding hydrogens is 198 g/mol. The molecule has 0 heterocycles. The predicted molar refractivity (Wildman–Crippen MR) is 69.6 cm³/mol. The van der Waals surface area contributed by atoms with E-state index in [1.165, 1.54) is 51.4 Å². The van der Waals surface area contributed by atoms with Crippen molar-refractivity contribution < 1.29 is 5.11 Å². The van der Waals surface area contributed by atoms with Gasteiger partial charge in [-0.25, -0.2) is 0 Å². The molecule has 1 saturated carbocycles. The minimum absolute atomic E-state index is 0.208. The Kier molecular flexibility index (Phi) is 6.37. The van der Waals surface area contributed by atoms with E-state index in [-0.39, 0.29) is 5.41 Å². The molecule has 0 spiro atoms. The van der Waals surface area contributed by atoms with Crippen LogP contribution in [-0.4, -0.2) is 24.3 Å². The maximum atomic E-state index is 9.54. The lowest BCUT2D eigenvalue weighted by Crippen LogP contribution is -2.40. The van der Waals surface area contributed by atoms with E-state index in [1.54, 1.807) is 0 Å². The Labute approximate surface area is 101 Å². The average Bonchev–Trinajstić information content (AvgIpc) is 2.79. The van der Waals surface area contributed by atoms with Crippen LogP contribution in [0.15, 0.2) is 0 Å². The summed E-state index contributed by atoms with van der Waals surface area (Å²) in [7, 11) is 0. The molecule has 1 unspecified atom stereocenters. The van der Waals surface area contributed by atoms with Crippen LogP contribution in [0.25, 0.3) is 0 Å². The molecule has 1 atom stereocenters. The van der Waals surface area contributed by atoms with E-state index < -0.39 is 0 Å². The van der Waals surface area contributed by atoms with E-state index in [1.807, 2.05) is 0 Å². The standard InChI is InChI=1S/C14H29NO/c1-3-5-8-13(4-2)15-11-14(12-16)9-6-7-10-14/h13,15-16H,3-12H2,1-2H3. The van der Waals surface area contributed by atoms with Gasteiger partial charge in [-0.05, 0) is 25.7 Å². The third kappa shape index (κ3) is 4.06. The zero-order chi connectivity index (χ0) is 11.9. The molecule has 0 aromatic heterocycles. The van der Waals surface area contributed by atoms with Crippen molar-refractivity contribution in [2.45, 2.75) is 71.3 Å². The Bertz CT molecular complexity index is 176. The van der Waals surface area contributed by atoms with Crippen molar-refractivity contribution in [3.8, 4) is 0 Å². The Morgan fingerprint density at radius 2 is 1.94 bits per heavy atom. The topological polar surface area (TPSA) is 32.3 Å². The summed E-state index contributed by atoms with van der Waals surface area (Å²) < 4.78 is 0. The number of nitrogens with one attached hydrogen (secondary N) is 1. The summed E-state index contributed by atoms with van der Waals surface area (Å²) in [5.41, 5.74) is 0.208. The van der Waals surface area contributed by atoms with E-state index in [0.29, 0.717) is 12.6 Å². The van der Waals surface area contributed by atoms with Gasteiger partial charge in [-0.3, -0.25) is 0 Å². The van der Waals surface area contributed by atoms with Gasteiger partial charge in [0.2, 0.25) is 0 Å². The zero-order valence-corrected chi connectivity index (χ0v) is 11.1. The minimum Gasteiger partial charge on any atom is -0.396 e. The highest BCUT2D eigenvalue weighted by molar-refractivity contribution is 4.87. The molecule has 2 N–H and O–H groups in total. The fourth-order valence-corrected chi connectivity index (χ4v) is 2.78. The molecular formula is C14H29NO. The Morgan fingerprint density at radius 3 is 2.44 bits per heavy atom. The summed E-state index contributed by atoms with van der Waals surface area (Å²) in [5, 5.41) is 13.2. The van der Waals surface area contributed by atoms with Crippen molar-refractivity contribution in [1.82, 2.24) is 5.32 Å². The normalized spacial score (nSPS) is 21.2. The molecule has 16 heavy (non-hydrogen) atoms. The predicted octanol–water partition coefficient (Wildman–Crippen LogP) is 3.10. The first-order valence-corrected chi connectivity index (χ1v) is 7.10. The van der Waals surface area contributed by atoms with Gasteiger partial charge in [0.1, 0.15) is 0 Å². The van der Waals surface area contributed by atoms with Crippen LogP contribution in [0.1, 0.15) is 65.2 Å². The van der Waals surface area contributed by atoms with Gasteiger partial charge in [-0.2, -0.15) is 0 Å². The highest BCUT2D eigenvalue weighted by Crippen LogP contribution is 2.37. The summed E-state index contributed by atoms with van der Waals surface area (Å²) in [6, 6.07) is 0.656. The number of unbranched alkanes of at least 4 members (excludes halogenated alkanes) is 1. The van der Waals surface area contributed by atoms with Crippen molar-refractivity contribution >= 4 is 0 Å². The third-order valence-electron chi connectivity index (χ3n) is 4.16. The van der Waals surface area contributed by atoms with Crippen LogP contribution in [0.2, 0.25) is 0 Å². The molecule has 0 amide bonds. The second-order valence-corrected chi connectivity index (χ2v) is 5.49. The highest BCUT2D eigenvalue weighted by atomic mass is 16.3. The van der Waals surface area contributed by atoms with Gasteiger partial charge in [0.15, 0.2) is 0 Å². The molecule has 1 rings (SSSR count). The number of hydrogen-bond donors (Lipinski definition) is 2. The summed E-state index contributed by atoms with van der Waals surface area (Å²) in [6.07, 6.45) is 10.1. The Balaban J connectivity index is 2.29. The zero-order valence-electron chi connectivity index (χ0n) is 11.1. The lowest BCUT2D eigenvalue weighted by Gasteiger charge is -2.29. The van der Waals surface area contributed by atoms with Crippen molar-refractivity contribution in [3.63, 3.8) is 0 Å². The van der Waals surface area contributed by atoms with Crippen molar-refractivity contribution in [2.24, 2.45) is 5.41 Å². The van der Waals surface area contributed by atoms with Gasteiger partial charge >= 0.3 is 0 Å². The second-order valence-electron chi connectivity index (χ2n) is 5.49. The van der Waals surface area contributed by atoms with Crippen molar-refractivity contribution in [2.75, 3.05) is 13.2 Å². The lowest BCUT2D eigenvalue weighted by atomic mass is 9.86. The number of hydrogen-bond acceptors (Lipinski definition) is 2. The van der Waals surface area contributed by atoms with Crippen LogP contribution in [-0.2, 0) is 0 Å². The van der Waals surface area contributed by atoms with Gasteiger partial charge in [0.05, 0.1) is 0 Å². The average molecular weight is 227 g/mol. The number of aliphatic hydroxyl groups excluding tert-OH is 1. The van der Waals surface area contributed by atoms with E-state index in [4.69, 9.17) is 0 Å². The van der Waals surface area contributed by atoms with Gasteiger partial charge in [-0.15, -0.1) is 0 Å². The third-order valence-corrected chi connectivity index (χ3v) is 4.16. The van der Waals surface area contributed by atoms with Crippen LogP contribution in [0.5, 0.6) is 0 Å². The minimum atomic E-state index is 0.208. The van der Waals surface area contributed by atoms with Gasteiger partial charge in [-0.1, -0.05) is 39.5 Å². The maximum Gasteiger partial charge on any atom is 0.0499 e. The van der Waals surface area contributed by atoms with Gasteiger partial charge in [0.25, 0.3) is 0 Å². The fraction of sp³-hybridized carbons (Fsp3) is 1.00. The van der Waals surface area contributed by atoms with Gasteiger partial charge < -0.3 is 10.4 Å². The van der Waals surface area contributed by atoms with E-state index in [0.717, 1.165) is 6.54 Å². The van der Waals surface area contributed by atoms with Crippen LogP contribution in [0.3, 0.4) is 0 Å². The first-order valence-electron chi connectivity index (χ1n) is 7.10. The molecule has 0 aliphatic heterocycles. The molecule has 0 aromatic rings. The van der Waals surface area contributed by atoms with Crippen LogP contribution < -0.4 is 5.32 Å². The first kappa shape index (κ1) is 14.0. The summed E-state index contributed by atoms with van der Waals surface area (Å²) >= 11 is 0. The largest absolute Gasteiger partial charge is 0.396 e. The van der Waals surface area contributed by atoms with Crippen LogP contribution in [0, 0.1) is 5.41 Å². The van der Waals surface area contributed by atoms with Crippen LogP contribution >= 0.6 is 0 Å². The Hall–Kier alpha value is -0.0800. The smallest absolute Gasteiger partial charge is 0.0499 e. The molecule has 1 aliphatic rings. The molecule has 1 aliphatic carbocycles. The van der Waals surface area contributed by atoms with E-state index in [2.05, 4.69) is 19.2 Å². The summed E-state index contributed by atoms with van der Waals surface area (Å²) in [4.78, 5) is 0. The van der Waals surface area contributed by atoms with E-state index in [9.17, 15) is 5.11 Å². The van der Waals surface area contributed by atoms with Crippen LogP contribution in [0.4, 0.5) is 0 Å². The number of aliphatic hydroxyl groups is 1. The summed E-state index contributed by atoms with van der Waals surface area (Å²) in [5.74, 6) is 0. The lowest BCUT2D eigenvalue weighted by molar-refractivity contribution is 0.123. The molecule has 0 aromatic carbocycles. The molecule has 0 bridgehead atoms. The summed E-state index contributed by atoms with van der Waals surface area (Å²) in [6.45, 7) is 5.89. The highest BCUT2D eigenvalue weighted by Gasteiger charge is 2.33. The monoisotopic (exact) mass is 227 g/mol. The van der Waals surface area contributed by atoms with Gasteiger partial charge in [0, 0.05) is 24.6 Å². The second kappa shape index (κ2) is 7.29. The molecule has 0 radical (unpaired) electrons. The van der Waals surface area contributed by atoms with E-state index >= 15 is 0 Å². The Morgan fingerprint density at radius 1 is 1.25 bits per heavy atom. The molecule has 2 nitrogen and oxygen atoms in total. The molecule has 0 saturated heterocycles. The SMILES string of the molecule is CCCCC(CC)NCC1(CO)CCCC1.